The van der Waals surface area contributed by atoms with Crippen molar-refractivity contribution in [2.75, 3.05) is 11.9 Å². The highest BCUT2D eigenvalue weighted by Crippen LogP contribution is 2.25. The van der Waals surface area contributed by atoms with Crippen LogP contribution in [0.5, 0.6) is 0 Å². The third-order valence-electron chi connectivity index (χ3n) is 4.04. The number of carboxylic acids is 1. The summed E-state index contributed by atoms with van der Waals surface area (Å²) in [6.45, 7) is 0. The molecule has 3 aromatic rings. The Morgan fingerprint density at radius 3 is 2.30 bits per heavy atom. The monoisotopic (exact) mass is 384 g/mol. The highest BCUT2D eigenvalue weighted by atomic mass is 35.5. The molecule has 0 unspecified atom stereocenters. The molecule has 7 heteroatoms. The Morgan fingerprint density at radius 2 is 1.70 bits per heavy atom. The van der Waals surface area contributed by atoms with E-state index in [4.69, 9.17) is 16.7 Å². The van der Waals surface area contributed by atoms with Gasteiger partial charge >= 0.3 is 5.97 Å². The predicted molar refractivity (Wildman–Crippen MR) is 101 cm³/mol. The van der Waals surface area contributed by atoms with Gasteiger partial charge < -0.3 is 10.0 Å². The van der Waals surface area contributed by atoms with Gasteiger partial charge in [-0.3, -0.25) is 9.78 Å². The molecule has 0 amide bonds. The summed E-state index contributed by atoms with van der Waals surface area (Å²) < 4.78 is 13.5. The van der Waals surface area contributed by atoms with E-state index in [2.05, 4.69) is 4.98 Å². The fourth-order valence-corrected chi connectivity index (χ4v) is 2.64. The van der Waals surface area contributed by atoms with Gasteiger partial charge in [-0.05, 0) is 54.6 Å². The fourth-order valence-electron chi connectivity index (χ4n) is 2.51. The van der Waals surface area contributed by atoms with Crippen molar-refractivity contribution < 1.29 is 19.1 Å². The van der Waals surface area contributed by atoms with Gasteiger partial charge in [-0.1, -0.05) is 11.6 Å². The van der Waals surface area contributed by atoms with Crippen molar-refractivity contribution >= 4 is 34.7 Å². The molecule has 136 valence electrons. The number of aromatic carboxylic acids is 1. The van der Waals surface area contributed by atoms with Crippen LogP contribution in [0.4, 0.5) is 15.8 Å². The molecule has 5 nitrogen and oxygen atoms in total. The summed E-state index contributed by atoms with van der Waals surface area (Å²) in [5, 5.41) is 9.62. The lowest BCUT2D eigenvalue weighted by molar-refractivity contribution is 0.0692. The number of anilines is 2. The van der Waals surface area contributed by atoms with Gasteiger partial charge in [0, 0.05) is 23.3 Å². The minimum atomic E-state index is -1.44. The minimum Gasteiger partial charge on any atom is -0.478 e. The molecule has 1 heterocycles. The second kappa shape index (κ2) is 7.55. The van der Waals surface area contributed by atoms with Crippen LogP contribution >= 0.6 is 11.6 Å². The van der Waals surface area contributed by atoms with E-state index >= 15 is 0 Å². The molecule has 3 rings (SSSR count). The minimum absolute atomic E-state index is 0.0557. The molecular weight excluding hydrogens is 371 g/mol. The van der Waals surface area contributed by atoms with E-state index in [-0.39, 0.29) is 11.3 Å². The molecule has 0 fully saturated rings. The molecule has 0 radical (unpaired) electrons. The first-order valence-corrected chi connectivity index (χ1v) is 8.27. The molecule has 2 aromatic carbocycles. The van der Waals surface area contributed by atoms with Gasteiger partial charge in [-0.15, -0.1) is 0 Å². The van der Waals surface area contributed by atoms with E-state index in [1.54, 1.807) is 18.2 Å². The van der Waals surface area contributed by atoms with E-state index in [0.29, 0.717) is 5.02 Å². The Balaban J connectivity index is 1.84. The van der Waals surface area contributed by atoms with Crippen molar-refractivity contribution in [1.82, 2.24) is 4.98 Å². The largest absolute Gasteiger partial charge is 0.478 e. The molecule has 0 aliphatic heterocycles. The molecular formula is C20H14ClFN2O3. The normalized spacial score (nSPS) is 10.5. The second-order valence-corrected chi connectivity index (χ2v) is 6.20. The van der Waals surface area contributed by atoms with E-state index in [0.717, 1.165) is 23.5 Å². The zero-order valence-corrected chi connectivity index (χ0v) is 14.9. The van der Waals surface area contributed by atoms with E-state index in [1.165, 1.54) is 18.3 Å². The number of carbonyl (C=O) groups is 2. The van der Waals surface area contributed by atoms with Gasteiger partial charge in [-0.2, -0.15) is 0 Å². The summed E-state index contributed by atoms with van der Waals surface area (Å²) in [6, 6.07) is 13.7. The molecule has 0 saturated heterocycles. The number of nitrogens with zero attached hydrogens (tertiary/aromatic N) is 2. The number of hydrogen-bond donors (Lipinski definition) is 1. The number of rotatable bonds is 5. The summed E-state index contributed by atoms with van der Waals surface area (Å²) in [6.07, 6.45) is 1.53. The summed E-state index contributed by atoms with van der Waals surface area (Å²) in [4.78, 5) is 29.6. The van der Waals surface area contributed by atoms with Crippen LogP contribution in [0.15, 0.2) is 60.8 Å². The Kier molecular flexibility index (Phi) is 5.19. The van der Waals surface area contributed by atoms with E-state index < -0.39 is 23.1 Å². The topological polar surface area (TPSA) is 70.5 Å². The summed E-state index contributed by atoms with van der Waals surface area (Å²) in [5.41, 5.74) is 1.27. The van der Waals surface area contributed by atoms with Crippen molar-refractivity contribution in [3.05, 3.63) is 88.5 Å². The Morgan fingerprint density at radius 1 is 1.04 bits per heavy atom. The molecule has 27 heavy (non-hydrogen) atoms. The van der Waals surface area contributed by atoms with Gasteiger partial charge in [0.25, 0.3) is 0 Å². The first-order valence-electron chi connectivity index (χ1n) is 7.89. The Bertz CT molecular complexity index is 1000. The molecule has 0 aliphatic carbocycles. The number of pyridine rings is 1. The highest BCUT2D eigenvalue weighted by Gasteiger charge is 2.17. The smallest absolute Gasteiger partial charge is 0.338 e. The van der Waals surface area contributed by atoms with Crippen LogP contribution in [0.25, 0.3) is 0 Å². The number of halogens is 2. The third-order valence-corrected chi connectivity index (χ3v) is 4.29. The number of benzene rings is 2. The molecule has 0 atom stereocenters. The second-order valence-electron chi connectivity index (χ2n) is 5.77. The quantitative estimate of drug-likeness (QED) is 0.652. The molecule has 0 spiro atoms. The standard InChI is InChI=1S/C20H14ClFN2O3/c1-24(14-5-3-13(21)4-6-14)15-7-9-18(23-11-15)19(25)12-2-8-17(22)16(10-12)20(26)27/h2-11H,1H3,(H,26,27). The maximum absolute atomic E-state index is 13.5. The lowest BCUT2D eigenvalue weighted by Crippen LogP contribution is -2.11. The number of carboxylic acid groups (broad SMARTS) is 1. The number of aromatic nitrogens is 1. The van der Waals surface area contributed by atoms with E-state index in [1.807, 2.05) is 24.1 Å². The average molecular weight is 385 g/mol. The van der Waals surface area contributed by atoms with Crippen LogP contribution in [0, 0.1) is 5.82 Å². The molecule has 1 aromatic heterocycles. The van der Waals surface area contributed by atoms with Crippen LogP contribution in [0.3, 0.4) is 0 Å². The SMILES string of the molecule is CN(c1ccc(Cl)cc1)c1ccc(C(=O)c2ccc(F)c(C(=O)O)c2)nc1. The number of carbonyl (C=O) groups excluding carboxylic acids is 1. The van der Waals surface area contributed by atoms with Crippen molar-refractivity contribution in [2.45, 2.75) is 0 Å². The van der Waals surface area contributed by atoms with Crippen LogP contribution < -0.4 is 4.90 Å². The maximum atomic E-state index is 13.5. The third kappa shape index (κ3) is 3.96. The van der Waals surface area contributed by atoms with Crippen molar-refractivity contribution in [2.24, 2.45) is 0 Å². The maximum Gasteiger partial charge on any atom is 0.338 e. The zero-order valence-electron chi connectivity index (χ0n) is 14.2. The van der Waals surface area contributed by atoms with Gasteiger partial charge in [0.2, 0.25) is 5.78 Å². The van der Waals surface area contributed by atoms with Crippen molar-refractivity contribution in [1.29, 1.82) is 0 Å². The Hall–Kier alpha value is -3.25. The first kappa shape index (κ1) is 18.5. The van der Waals surface area contributed by atoms with Gasteiger partial charge in [0.05, 0.1) is 17.4 Å². The van der Waals surface area contributed by atoms with Gasteiger partial charge in [0.1, 0.15) is 11.5 Å². The van der Waals surface area contributed by atoms with Crippen LogP contribution in [0.1, 0.15) is 26.4 Å². The fraction of sp³-hybridized carbons (Fsp3) is 0.0500. The number of ketones is 1. The zero-order chi connectivity index (χ0) is 19.6. The van der Waals surface area contributed by atoms with Crippen molar-refractivity contribution in [3.8, 4) is 0 Å². The van der Waals surface area contributed by atoms with Gasteiger partial charge in [-0.25, -0.2) is 9.18 Å². The molecule has 1 N–H and O–H groups in total. The summed E-state index contributed by atoms with van der Waals surface area (Å²) >= 11 is 5.89. The lowest BCUT2D eigenvalue weighted by atomic mass is 10.0. The van der Waals surface area contributed by atoms with Crippen LogP contribution in [0.2, 0.25) is 5.02 Å². The lowest BCUT2D eigenvalue weighted by Gasteiger charge is -2.19. The Labute approximate surface area is 159 Å². The average Bonchev–Trinajstić information content (AvgIpc) is 2.68. The summed E-state index contributed by atoms with van der Waals surface area (Å²) in [5.74, 6) is -2.82. The van der Waals surface area contributed by atoms with Crippen LogP contribution in [-0.2, 0) is 0 Å². The molecule has 0 saturated carbocycles. The highest BCUT2D eigenvalue weighted by molar-refractivity contribution is 6.30. The van der Waals surface area contributed by atoms with Crippen molar-refractivity contribution in [3.63, 3.8) is 0 Å². The van der Waals surface area contributed by atoms with Gasteiger partial charge in [0.15, 0.2) is 0 Å². The number of hydrogen-bond acceptors (Lipinski definition) is 4. The molecule has 0 aliphatic rings. The van der Waals surface area contributed by atoms with E-state index in [9.17, 15) is 14.0 Å². The van der Waals surface area contributed by atoms with Crippen LogP contribution in [-0.4, -0.2) is 28.9 Å². The molecule has 0 bridgehead atoms. The summed E-state index contributed by atoms with van der Waals surface area (Å²) in [7, 11) is 1.85. The predicted octanol–water partition coefficient (Wildman–Crippen LogP) is 4.57. The first-order chi connectivity index (χ1) is 12.9.